The summed E-state index contributed by atoms with van der Waals surface area (Å²) in [5.41, 5.74) is 5.14. The van der Waals surface area contributed by atoms with Crippen molar-refractivity contribution in [2.45, 2.75) is 19.0 Å². The number of fused-ring (bicyclic) bond motifs is 1. The van der Waals surface area contributed by atoms with E-state index in [0.717, 1.165) is 27.4 Å². The number of imidazole rings is 1. The highest BCUT2D eigenvalue weighted by Gasteiger charge is 2.11. The summed E-state index contributed by atoms with van der Waals surface area (Å²) >= 11 is 1.42. The van der Waals surface area contributed by atoms with Crippen molar-refractivity contribution in [3.63, 3.8) is 0 Å². The van der Waals surface area contributed by atoms with Gasteiger partial charge in [0.25, 0.3) is 0 Å². The first-order valence-corrected chi connectivity index (χ1v) is 9.55. The number of anilines is 1. The summed E-state index contributed by atoms with van der Waals surface area (Å²) in [6.07, 6.45) is 5.42. The number of aryl methyl sites for hydroxylation is 2. The molecule has 0 saturated heterocycles. The molecule has 0 aliphatic rings. The molecule has 0 bridgehead atoms. The molecule has 2 aromatic carbocycles. The minimum atomic E-state index is -0.0710. The number of rotatable bonds is 5. The zero-order valence-electron chi connectivity index (χ0n) is 15.1. The van der Waals surface area contributed by atoms with Crippen LogP contribution in [-0.2, 0) is 4.79 Å². The molecule has 4 rings (SSSR count). The molecule has 0 aliphatic heterocycles. The van der Waals surface area contributed by atoms with E-state index < -0.39 is 0 Å². The van der Waals surface area contributed by atoms with Gasteiger partial charge in [0, 0.05) is 23.5 Å². The van der Waals surface area contributed by atoms with E-state index in [1.807, 2.05) is 29.0 Å². The number of carbonyl (C=O) groups excluding carboxylic acids is 1. The number of H-pyrrole nitrogens is 1. The topological polar surface area (TPSA) is 75.6 Å². The number of aromatic amines is 1. The summed E-state index contributed by atoms with van der Waals surface area (Å²) < 4.78 is 2.03. The largest absolute Gasteiger partial charge is 0.325 e. The van der Waals surface area contributed by atoms with Gasteiger partial charge in [-0.25, -0.2) is 4.98 Å². The van der Waals surface area contributed by atoms with Crippen LogP contribution in [0.2, 0.25) is 0 Å². The fourth-order valence-corrected chi connectivity index (χ4v) is 3.67. The highest BCUT2D eigenvalue weighted by atomic mass is 32.2. The first-order valence-electron chi connectivity index (χ1n) is 8.57. The van der Waals surface area contributed by atoms with Crippen molar-refractivity contribution >= 4 is 34.3 Å². The molecule has 2 aromatic heterocycles. The van der Waals surface area contributed by atoms with E-state index in [2.05, 4.69) is 52.5 Å². The summed E-state index contributed by atoms with van der Waals surface area (Å²) in [5, 5.41) is 11.6. The first kappa shape index (κ1) is 17.4. The summed E-state index contributed by atoms with van der Waals surface area (Å²) in [5.74, 6) is 0.212. The fraction of sp³-hybridized carbons (Fsp3) is 0.150. The van der Waals surface area contributed by atoms with Gasteiger partial charge in [-0.05, 0) is 49.2 Å². The van der Waals surface area contributed by atoms with Crippen LogP contribution in [0.3, 0.4) is 0 Å². The number of aromatic nitrogens is 4. The Hall–Kier alpha value is -3.06. The van der Waals surface area contributed by atoms with E-state index in [1.165, 1.54) is 22.9 Å². The van der Waals surface area contributed by atoms with Crippen LogP contribution in [0.15, 0.2) is 60.1 Å². The van der Waals surface area contributed by atoms with Crippen molar-refractivity contribution < 1.29 is 4.79 Å². The molecule has 0 saturated carbocycles. The molecule has 0 unspecified atom stereocenters. The average molecular weight is 377 g/mol. The number of nitrogens with one attached hydrogen (secondary N) is 2. The van der Waals surface area contributed by atoms with Gasteiger partial charge in [-0.1, -0.05) is 23.9 Å². The Morgan fingerprint density at radius 2 is 2.11 bits per heavy atom. The highest BCUT2D eigenvalue weighted by molar-refractivity contribution is 7.99. The predicted molar refractivity (Wildman–Crippen MR) is 108 cm³/mol. The lowest BCUT2D eigenvalue weighted by Crippen LogP contribution is -2.14. The molecule has 0 spiro atoms. The third kappa shape index (κ3) is 3.73. The molecule has 4 aromatic rings. The number of carbonyl (C=O) groups is 1. The van der Waals surface area contributed by atoms with Crippen LogP contribution in [0.25, 0.3) is 16.6 Å². The maximum Gasteiger partial charge on any atom is 0.234 e. The maximum atomic E-state index is 12.4. The fourth-order valence-electron chi connectivity index (χ4n) is 2.91. The molecule has 0 fully saturated rings. The minimum absolute atomic E-state index is 0.0710. The zero-order valence-corrected chi connectivity index (χ0v) is 15.9. The molecule has 2 heterocycles. The average Bonchev–Trinajstić information content (AvgIpc) is 3.30. The van der Waals surface area contributed by atoms with Crippen LogP contribution < -0.4 is 5.32 Å². The number of nitrogens with zero attached hydrogens (tertiary/aromatic N) is 3. The number of thioether (sulfide) groups is 1. The number of amides is 1. The maximum absolute atomic E-state index is 12.4. The molecule has 6 nitrogen and oxygen atoms in total. The van der Waals surface area contributed by atoms with Crippen molar-refractivity contribution in [1.82, 2.24) is 19.7 Å². The minimum Gasteiger partial charge on any atom is -0.325 e. The number of hydrogen-bond donors (Lipinski definition) is 2. The van der Waals surface area contributed by atoms with E-state index in [9.17, 15) is 4.79 Å². The Balaban J connectivity index is 1.45. The normalized spacial score (nSPS) is 11.0. The van der Waals surface area contributed by atoms with Gasteiger partial charge >= 0.3 is 0 Å². The quantitative estimate of drug-likeness (QED) is 0.514. The molecular formula is C20H19N5OS. The van der Waals surface area contributed by atoms with Crippen LogP contribution in [-0.4, -0.2) is 31.4 Å². The Morgan fingerprint density at radius 3 is 3.00 bits per heavy atom. The molecule has 2 N–H and O–H groups in total. The third-order valence-electron chi connectivity index (χ3n) is 4.29. The second-order valence-corrected chi connectivity index (χ2v) is 7.32. The summed E-state index contributed by atoms with van der Waals surface area (Å²) in [7, 11) is 0. The van der Waals surface area contributed by atoms with Crippen molar-refractivity contribution in [3.8, 4) is 5.69 Å². The summed E-state index contributed by atoms with van der Waals surface area (Å²) in [6, 6.07) is 12.0. The van der Waals surface area contributed by atoms with Crippen LogP contribution in [0.1, 0.15) is 11.1 Å². The third-order valence-corrected chi connectivity index (χ3v) is 5.25. The number of hydrogen-bond acceptors (Lipinski definition) is 4. The van der Waals surface area contributed by atoms with Crippen LogP contribution in [0, 0.1) is 13.8 Å². The van der Waals surface area contributed by atoms with Gasteiger partial charge in [0.05, 0.1) is 23.2 Å². The lowest BCUT2D eigenvalue weighted by molar-refractivity contribution is -0.113. The van der Waals surface area contributed by atoms with Crippen LogP contribution >= 0.6 is 11.8 Å². The van der Waals surface area contributed by atoms with Crippen molar-refractivity contribution in [2.24, 2.45) is 0 Å². The second kappa shape index (κ2) is 7.28. The van der Waals surface area contributed by atoms with Gasteiger partial charge in [0.1, 0.15) is 0 Å². The first-order chi connectivity index (χ1) is 13.1. The lowest BCUT2D eigenvalue weighted by atomic mass is 10.1. The van der Waals surface area contributed by atoms with Crippen molar-refractivity contribution in [3.05, 3.63) is 66.1 Å². The molecular weight excluding hydrogens is 358 g/mol. The Bertz CT molecular complexity index is 1110. The molecule has 1 amide bonds. The highest BCUT2D eigenvalue weighted by Crippen LogP contribution is 2.24. The molecule has 27 heavy (non-hydrogen) atoms. The molecule has 0 atom stereocenters. The monoisotopic (exact) mass is 377 g/mol. The zero-order chi connectivity index (χ0) is 18.8. The predicted octanol–water partition coefficient (Wildman–Crippen LogP) is 4.10. The van der Waals surface area contributed by atoms with E-state index in [0.29, 0.717) is 0 Å². The Morgan fingerprint density at radius 1 is 1.22 bits per heavy atom. The van der Waals surface area contributed by atoms with Gasteiger partial charge < -0.3 is 5.32 Å². The second-order valence-electron chi connectivity index (χ2n) is 6.38. The van der Waals surface area contributed by atoms with E-state index in [-0.39, 0.29) is 11.7 Å². The standard InChI is InChI=1S/C20H19N5OS/c1-13-3-4-14(2)18(9-13)25-8-7-21-20(25)27-12-19(26)23-16-5-6-17-15(10-16)11-22-24-17/h3-11H,12H2,1-2H3,(H,22,24)(H,23,26). The molecule has 0 aliphatic carbocycles. The van der Waals surface area contributed by atoms with Gasteiger partial charge in [-0.3, -0.25) is 14.5 Å². The van der Waals surface area contributed by atoms with Crippen molar-refractivity contribution in [2.75, 3.05) is 11.1 Å². The van der Waals surface area contributed by atoms with Gasteiger partial charge in [-0.2, -0.15) is 5.10 Å². The Kier molecular flexibility index (Phi) is 4.68. The Labute approximate surface area is 161 Å². The van der Waals surface area contributed by atoms with E-state index in [4.69, 9.17) is 0 Å². The van der Waals surface area contributed by atoms with Gasteiger partial charge in [0.15, 0.2) is 5.16 Å². The molecule has 7 heteroatoms. The summed E-state index contributed by atoms with van der Waals surface area (Å²) in [4.78, 5) is 16.8. The van der Waals surface area contributed by atoms with Crippen LogP contribution in [0.5, 0.6) is 0 Å². The number of benzene rings is 2. The lowest BCUT2D eigenvalue weighted by Gasteiger charge is -2.11. The van der Waals surface area contributed by atoms with Gasteiger partial charge in [-0.15, -0.1) is 0 Å². The smallest absolute Gasteiger partial charge is 0.234 e. The van der Waals surface area contributed by atoms with E-state index >= 15 is 0 Å². The molecule has 0 radical (unpaired) electrons. The van der Waals surface area contributed by atoms with E-state index in [1.54, 1.807) is 12.4 Å². The molecule has 136 valence electrons. The van der Waals surface area contributed by atoms with Crippen LogP contribution in [0.4, 0.5) is 5.69 Å². The summed E-state index contributed by atoms with van der Waals surface area (Å²) in [6.45, 7) is 4.14. The SMILES string of the molecule is Cc1ccc(C)c(-n2ccnc2SCC(=O)Nc2ccc3[nH]ncc3c2)c1. The van der Waals surface area contributed by atoms with Gasteiger partial charge in [0.2, 0.25) is 5.91 Å². The van der Waals surface area contributed by atoms with Crippen molar-refractivity contribution in [1.29, 1.82) is 0 Å².